The van der Waals surface area contributed by atoms with Crippen molar-refractivity contribution in [2.24, 2.45) is 0 Å². The molecule has 0 saturated carbocycles. The molecule has 0 bridgehead atoms. The third-order valence-corrected chi connectivity index (χ3v) is 3.76. The van der Waals surface area contributed by atoms with Crippen molar-refractivity contribution in [2.45, 2.75) is 6.92 Å². The molecule has 0 fully saturated rings. The van der Waals surface area contributed by atoms with Crippen molar-refractivity contribution in [3.63, 3.8) is 0 Å². The molecular weight excluding hydrogens is 314 g/mol. The predicted octanol–water partition coefficient (Wildman–Crippen LogP) is 5.04. The lowest BCUT2D eigenvalue weighted by molar-refractivity contribution is 0.0523. The van der Waals surface area contributed by atoms with Gasteiger partial charge in [0, 0.05) is 17.1 Å². The summed E-state index contributed by atoms with van der Waals surface area (Å²) < 4.78 is 5.04. The van der Waals surface area contributed by atoms with Crippen molar-refractivity contribution in [3.8, 4) is 5.75 Å². The van der Waals surface area contributed by atoms with Gasteiger partial charge < -0.3 is 14.7 Å². The Bertz CT molecular complexity index is 808. The van der Waals surface area contributed by atoms with Gasteiger partial charge in [0.05, 0.1) is 6.61 Å². The van der Waals surface area contributed by atoms with Crippen molar-refractivity contribution >= 4 is 23.0 Å². The number of nitrogens with zero attached hydrogens (tertiary/aromatic N) is 1. The second kappa shape index (κ2) is 7.53. The van der Waals surface area contributed by atoms with Crippen molar-refractivity contribution in [2.75, 3.05) is 11.5 Å². The molecule has 0 aliphatic rings. The third-order valence-electron chi connectivity index (χ3n) is 3.76. The number of esters is 1. The number of hydrogen-bond donors (Lipinski definition) is 1. The Morgan fingerprint density at radius 2 is 1.44 bits per heavy atom. The van der Waals surface area contributed by atoms with Crippen LogP contribution in [-0.4, -0.2) is 17.7 Å². The molecule has 0 amide bonds. The Balaban J connectivity index is 2.11. The number of carbonyl (C=O) groups excluding carboxylic acids is 1. The normalized spacial score (nSPS) is 10.3. The molecule has 4 heteroatoms. The van der Waals surface area contributed by atoms with E-state index in [-0.39, 0.29) is 17.9 Å². The van der Waals surface area contributed by atoms with E-state index in [2.05, 4.69) is 0 Å². The molecule has 0 aliphatic heterocycles. The van der Waals surface area contributed by atoms with E-state index in [9.17, 15) is 9.90 Å². The number of phenolic OH excluding ortho intramolecular Hbond substituents is 1. The number of hydrogen-bond acceptors (Lipinski definition) is 4. The molecule has 3 aromatic carbocycles. The molecule has 3 aromatic rings. The van der Waals surface area contributed by atoms with E-state index in [1.165, 1.54) is 6.07 Å². The van der Waals surface area contributed by atoms with Gasteiger partial charge in [-0.1, -0.05) is 36.4 Å². The summed E-state index contributed by atoms with van der Waals surface area (Å²) in [6.45, 7) is 1.99. The SMILES string of the molecule is CCOC(=O)c1cc(N(c2ccccc2)c2ccccc2)ccc1O. The molecule has 126 valence electrons. The van der Waals surface area contributed by atoms with Gasteiger partial charge in [-0.2, -0.15) is 0 Å². The van der Waals surface area contributed by atoms with Crippen molar-refractivity contribution in [1.82, 2.24) is 0 Å². The van der Waals surface area contributed by atoms with E-state index < -0.39 is 5.97 Å². The summed E-state index contributed by atoms with van der Waals surface area (Å²) in [6.07, 6.45) is 0. The Kier molecular flexibility index (Phi) is 5.00. The first-order valence-corrected chi connectivity index (χ1v) is 8.11. The van der Waals surface area contributed by atoms with Gasteiger partial charge in [0.1, 0.15) is 11.3 Å². The van der Waals surface area contributed by atoms with Crippen LogP contribution in [0.2, 0.25) is 0 Å². The number of aromatic hydroxyl groups is 1. The fraction of sp³-hybridized carbons (Fsp3) is 0.0952. The number of anilines is 3. The summed E-state index contributed by atoms with van der Waals surface area (Å²) in [5.41, 5.74) is 2.82. The first-order chi connectivity index (χ1) is 12.2. The molecule has 1 N–H and O–H groups in total. The Hall–Kier alpha value is -3.27. The number of phenols is 1. The lowest BCUT2D eigenvalue weighted by Gasteiger charge is -2.25. The molecule has 0 aliphatic carbocycles. The maximum atomic E-state index is 12.1. The number of benzene rings is 3. The van der Waals surface area contributed by atoms with Gasteiger partial charge in [-0.05, 0) is 49.4 Å². The molecule has 0 spiro atoms. The molecule has 0 unspecified atom stereocenters. The molecule has 0 atom stereocenters. The quantitative estimate of drug-likeness (QED) is 0.665. The van der Waals surface area contributed by atoms with Crippen LogP contribution >= 0.6 is 0 Å². The van der Waals surface area contributed by atoms with E-state index in [0.717, 1.165) is 17.1 Å². The first-order valence-electron chi connectivity index (χ1n) is 8.11. The summed E-state index contributed by atoms with van der Waals surface area (Å²) in [5.74, 6) is -0.633. The fourth-order valence-corrected chi connectivity index (χ4v) is 2.64. The fourth-order valence-electron chi connectivity index (χ4n) is 2.64. The van der Waals surface area contributed by atoms with Crippen LogP contribution in [0.1, 0.15) is 17.3 Å². The molecule has 0 radical (unpaired) electrons. The van der Waals surface area contributed by atoms with Crippen LogP contribution in [0.15, 0.2) is 78.9 Å². The molecule has 0 aromatic heterocycles. The van der Waals surface area contributed by atoms with Gasteiger partial charge in [0.2, 0.25) is 0 Å². The van der Waals surface area contributed by atoms with E-state index in [4.69, 9.17) is 4.74 Å². The van der Waals surface area contributed by atoms with Crippen LogP contribution in [0.25, 0.3) is 0 Å². The van der Waals surface area contributed by atoms with E-state index in [1.807, 2.05) is 65.6 Å². The van der Waals surface area contributed by atoms with Crippen LogP contribution in [0, 0.1) is 0 Å². The highest BCUT2D eigenvalue weighted by molar-refractivity contribution is 5.94. The summed E-state index contributed by atoms with van der Waals surface area (Å²) in [5, 5.41) is 10.0. The van der Waals surface area contributed by atoms with Crippen molar-refractivity contribution in [1.29, 1.82) is 0 Å². The molecule has 3 rings (SSSR count). The smallest absolute Gasteiger partial charge is 0.341 e. The number of carbonyl (C=O) groups is 1. The van der Waals surface area contributed by atoms with E-state index >= 15 is 0 Å². The highest BCUT2D eigenvalue weighted by Gasteiger charge is 2.17. The van der Waals surface area contributed by atoms with E-state index in [0.29, 0.717) is 0 Å². The van der Waals surface area contributed by atoms with Gasteiger partial charge in [-0.25, -0.2) is 4.79 Å². The summed E-state index contributed by atoms with van der Waals surface area (Å²) in [4.78, 5) is 14.1. The van der Waals surface area contributed by atoms with Crippen LogP contribution in [0.5, 0.6) is 5.75 Å². The second-order valence-corrected chi connectivity index (χ2v) is 5.43. The maximum absolute atomic E-state index is 12.1. The topological polar surface area (TPSA) is 49.8 Å². The average molecular weight is 333 g/mol. The predicted molar refractivity (Wildman–Crippen MR) is 98.7 cm³/mol. The van der Waals surface area contributed by atoms with Crippen LogP contribution in [0.4, 0.5) is 17.1 Å². The minimum absolute atomic E-state index is 0.0942. The summed E-state index contributed by atoms with van der Waals surface area (Å²) in [6, 6.07) is 24.6. The Morgan fingerprint density at radius 3 is 1.96 bits per heavy atom. The van der Waals surface area contributed by atoms with Gasteiger partial charge in [0.15, 0.2) is 0 Å². The lowest BCUT2D eigenvalue weighted by Crippen LogP contribution is -2.11. The van der Waals surface area contributed by atoms with Crippen LogP contribution in [0.3, 0.4) is 0 Å². The monoisotopic (exact) mass is 333 g/mol. The van der Waals surface area contributed by atoms with Crippen LogP contribution < -0.4 is 4.90 Å². The molecule has 4 nitrogen and oxygen atoms in total. The number of ether oxygens (including phenoxy) is 1. The standard InChI is InChI=1S/C21H19NO3/c1-2-25-21(24)19-15-18(13-14-20(19)23)22(16-9-5-3-6-10-16)17-11-7-4-8-12-17/h3-15,23H,2H2,1H3. The van der Waals surface area contributed by atoms with Gasteiger partial charge in [-0.15, -0.1) is 0 Å². The Morgan fingerprint density at radius 1 is 0.880 bits per heavy atom. The zero-order valence-corrected chi connectivity index (χ0v) is 13.9. The molecule has 0 heterocycles. The average Bonchev–Trinajstić information content (AvgIpc) is 2.65. The van der Waals surface area contributed by atoms with Gasteiger partial charge >= 0.3 is 5.97 Å². The molecule has 25 heavy (non-hydrogen) atoms. The first kappa shape index (κ1) is 16.6. The summed E-state index contributed by atoms with van der Waals surface area (Å²) >= 11 is 0. The highest BCUT2D eigenvalue weighted by Crippen LogP contribution is 2.36. The molecule has 0 saturated heterocycles. The largest absolute Gasteiger partial charge is 0.507 e. The van der Waals surface area contributed by atoms with Gasteiger partial charge in [0.25, 0.3) is 0 Å². The lowest BCUT2D eigenvalue weighted by atomic mass is 10.1. The minimum Gasteiger partial charge on any atom is -0.507 e. The van der Waals surface area contributed by atoms with E-state index in [1.54, 1.807) is 19.1 Å². The Labute approximate surface area is 146 Å². The number of rotatable bonds is 5. The number of para-hydroxylation sites is 2. The van der Waals surface area contributed by atoms with Crippen LogP contribution in [-0.2, 0) is 4.74 Å². The molecular formula is C21H19NO3. The maximum Gasteiger partial charge on any atom is 0.341 e. The highest BCUT2D eigenvalue weighted by atomic mass is 16.5. The summed E-state index contributed by atoms with van der Waals surface area (Å²) in [7, 11) is 0. The van der Waals surface area contributed by atoms with Crippen molar-refractivity contribution in [3.05, 3.63) is 84.4 Å². The van der Waals surface area contributed by atoms with Crippen molar-refractivity contribution < 1.29 is 14.6 Å². The van der Waals surface area contributed by atoms with Gasteiger partial charge in [-0.3, -0.25) is 0 Å². The zero-order valence-electron chi connectivity index (χ0n) is 13.9. The minimum atomic E-state index is -0.539. The zero-order chi connectivity index (χ0) is 17.6. The second-order valence-electron chi connectivity index (χ2n) is 5.43. The third kappa shape index (κ3) is 3.63.